The normalized spacial score (nSPS) is 18.7. The van der Waals surface area contributed by atoms with Crippen LogP contribution in [0.25, 0.3) is 6.08 Å². The first-order chi connectivity index (χ1) is 13.5. The molecule has 2 fully saturated rings. The number of rotatable bonds is 6. The maximum atomic E-state index is 12.5. The highest BCUT2D eigenvalue weighted by Gasteiger charge is 2.36. The van der Waals surface area contributed by atoms with Gasteiger partial charge >= 0.3 is 5.97 Å². The summed E-state index contributed by atoms with van der Waals surface area (Å²) in [6.45, 7) is 4.43. The van der Waals surface area contributed by atoms with E-state index in [4.69, 9.17) is 14.2 Å². The molecule has 8 nitrogen and oxygen atoms in total. The topological polar surface area (TPSA) is 85.4 Å². The van der Waals surface area contributed by atoms with Gasteiger partial charge in [-0.3, -0.25) is 19.3 Å². The molecule has 2 heterocycles. The van der Waals surface area contributed by atoms with Crippen LogP contribution in [0.1, 0.15) is 12.5 Å². The number of amides is 2. The Morgan fingerprint density at radius 2 is 2.04 bits per heavy atom. The zero-order valence-electron chi connectivity index (χ0n) is 15.8. The number of methoxy groups -OCH3 is 1. The standard InChI is InChI=1S/C19H22N2O6S/c1-3-27-17(22)12-21-18(23)16(28-19(21)24)10-13-4-5-14(11-15(13)25-2)20-6-8-26-9-7-20/h4-5,10-11H,3,6-9,12H2,1-2H3/b16-10+. The van der Waals surface area contributed by atoms with Gasteiger partial charge in [0.15, 0.2) is 0 Å². The number of morpholine rings is 1. The van der Waals surface area contributed by atoms with Gasteiger partial charge in [-0.1, -0.05) is 0 Å². The minimum Gasteiger partial charge on any atom is -0.496 e. The summed E-state index contributed by atoms with van der Waals surface area (Å²) in [5.41, 5.74) is 1.69. The van der Waals surface area contributed by atoms with Crippen molar-refractivity contribution in [3.8, 4) is 5.75 Å². The molecule has 1 aromatic rings. The molecule has 2 aliphatic rings. The zero-order chi connectivity index (χ0) is 20.1. The molecule has 0 spiro atoms. The van der Waals surface area contributed by atoms with E-state index in [0.717, 1.165) is 35.4 Å². The maximum absolute atomic E-state index is 12.5. The zero-order valence-corrected chi connectivity index (χ0v) is 16.6. The minimum atomic E-state index is -0.613. The summed E-state index contributed by atoms with van der Waals surface area (Å²) in [4.78, 5) is 39.6. The van der Waals surface area contributed by atoms with Crippen LogP contribution in [0.2, 0.25) is 0 Å². The number of hydrogen-bond donors (Lipinski definition) is 0. The third kappa shape index (κ3) is 4.48. The largest absolute Gasteiger partial charge is 0.496 e. The molecule has 1 aromatic carbocycles. The fraction of sp³-hybridized carbons (Fsp3) is 0.421. The maximum Gasteiger partial charge on any atom is 0.326 e. The predicted molar refractivity (Wildman–Crippen MR) is 105 cm³/mol. The predicted octanol–water partition coefficient (Wildman–Crippen LogP) is 2.13. The molecule has 0 unspecified atom stereocenters. The molecule has 0 aliphatic carbocycles. The van der Waals surface area contributed by atoms with E-state index in [0.29, 0.717) is 24.5 Å². The molecular weight excluding hydrogens is 384 g/mol. The summed E-state index contributed by atoms with van der Waals surface area (Å²) in [7, 11) is 1.56. The lowest BCUT2D eigenvalue weighted by atomic mass is 10.1. The van der Waals surface area contributed by atoms with Crippen molar-refractivity contribution in [2.45, 2.75) is 6.92 Å². The second-order valence-corrected chi connectivity index (χ2v) is 7.09. The quantitative estimate of drug-likeness (QED) is 0.525. The highest BCUT2D eigenvalue weighted by molar-refractivity contribution is 8.18. The van der Waals surface area contributed by atoms with Crippen molar-refractivity contribution in [1.29, 1.82) is 0 Å². The second-order valence-electron chi connectivity index (χ2n) is 6.10. The number of nitrogens with zero attached hydrogens (tertiary/aromatic N) is 2. The summed E-state index contributed by atoms with van der Waals surface area (Å²) in [6, 6.07) is 5.70. The van der Waals surface area contributed by atoms with Gasteiger partial charge in [0.1, 0.15) is 12.3 Å². The van der Waals surface area contributed by atoms with Gasteiger partial charge < -0.3 is 19.1 Å². The van der Waals surface area contributed by atoms with Gasteiger partial charge in [0.25, 0.3) is 11.1 Å². The third-order valence-corrected chi connectivity index (χ3v) is 5.25. The van der Waals surface area contributed by atoms with E-state index in [2.05, 4.69) is 4.90 Å². The van der Waals surface area contributed by atoms with Gasteiger partial charge in [-0.05, 0) is 36.9 Å². The summed E-state index contributed by atoms with van der Waals surface area (Å²) < 4.78 is 15.7. The number of hydrogen-bond acceptors (Lipinski definition) is 8. The van der Waals surface area contributed by atoms with Gasteiger partial charge in [0, 0.05) is 30.4 Å². The van der Waals surface area contributed by atoms with E-state index < -0.39 is 17.1 Å². The lowest BCUT2D eigenvalue weighted by Gasteiger charge is -2.29. The van der Waals surface area contributed by atoms with E-state index in [1.165, 1.54) is 0 Å². The Morgan fingerprint density at radius 1 is 1.29 bits per heavy atom. The molecule has 28 heavy (non-hydrogen) atoms. The number of carbonyl (C=O) groups is 3. The summed E-state index contributed by atoms with van der Waals surface area (Å²) in [5.74, 6) is -0.526. The average molecular weight is 406 g/mol. The van der Waals surface area contributed by atoms with Gasteiger partial charge in [0.05, 0.1) is 31.8 Å². The van der Waals surface area contributed by atoms with Gasteiger partial charge in [-0.2, -0.15) is 0 Å². The van der Waals surface area contributed by atoms with Crippen LogP contribution in [0.15, 0.2) is 23.1 Å². The molecular formula is C19H22N2O6S. The van der Waals surface area contributed by atoms with Gasteiger partial charge in [0.2, 0.25) is 0 Å². The van der Waals surface area contributed by atoms with Crippen LogP contribution in [0.5, 0.6) is 5.75 Å². The molecule has 9 heteroatoms. The monoisotopic (exact) mass is 406 g/mol. The van der Waals surface area contributed by atoms with Crippen molar-refractivity contribution >= 4 is 40.6 Å². The molecule has 0 saturated carbocycles. The van der Waals surface area contributed by atoms with Crippen LogP contribution in [0.3, 0.4) is 0 Å². The fourth-order valence-corrected chi connectivity index (χ4v) is 3.78. The molecule has 0 N–H and O–H groups in total. The fourth-order valence-electron chi connectivity index (χ4n) is 2.95. The van der Waals surface area contributed by atoms with E-state index in [9.17, 15) is 14.4 Å². The number of carbonyl (C=O) groups excluding carboxylic acids is 3. The van der Waals surface area contributed by atoms with E-state index in [1.807, 2.05) is 18.2 Å². The van der Waals surface area contributed by atoms with Crippen molar-refractivity contribution in [3.63, 3.8) is 0 Å². The molecule has 0 radical (unpaired) electrons. The Balaban J connectivity index is 1.79. The summed E-state index contributed by atoms with van der Waals surface area (Å²) in [6.07, 6.45) is 1.61. The van der Waals surface area contributed by atoms with Crippen LogP contribution < -0.4 is 9.64 Å². The Morgan fingerprint density at radius 3 is 2.71 bits per heavy atom. The Bertz CT molecular complexity index is 804. The van der Waals surface area contributed by atoms with E-state index in [1.54, 1.807) is 20.1 Å². The number of anilines is 1. The number of esters is 1. The smallest absolute Gasteiger partial charge is 0.326 e. The lowest BCUT2D eigenvalue weighted by molar-refractivity contribution is -0.145. The van der Waals surface area contributed by atoms with E-state index >= 15 is 0 Å². The second kappa shape index (κ2) is 9.11. The molecule has 3 rings (SSSR count). The molecule has 2 saturated heterocycles. The molecule has 150 valence electrons. The van der Waals surface area contributed by atoms with Crippen LogP contribution in [0, 0.1) is 0 Å². The third-order valence-electron chi connectivity index (χ3n) is 4.35. The first kappa shape index (κ1) is 20.2. The first-order valence-electron chi connectivity index (χ1n) is 8.95. The van der Waals surface area contributed by atoms with Crippen molar-refractivity contribution in [3.05, 3.63) is 28.7 Å². The van der Waals surface area contributed by atoms with Gasteiger partial charge in [-0.15, -0.1) is 0 Å². The number of benzene rings is 1. The minimum absolute atomic E-state index is 0.192. The number of ether oxygens (including phenoxy) is 3. The lowest BCUT2D eigenvalue weighted by Crippen LogP contribution is -2.36. The summed E-state index contributed by atoms with van der Waals surface area (Å²) in [5, 5.41) is -0.492. The van der Waals surface area contributed by atoms with E-state index in [-0.39, 0.29) is 18.1 Å². The first-order valence-corrected chi connectivity index (χ1v) is 9.77. The van der Waals surface area contributed by atoms with Crippen molar-refractivity contribution in [1.82, 2.24) is 4.90 Å². The number of thioether (sulfide) groups is 1. The Labute approximate surface area is 167 Å². The molecule has 0 atom stereocenters. The molecule has 2 aliphatic heterocycles. The van der Waals surface area contributed by atoms with Crippen LogP contribution >= 0.6 is 11.8 Å². The highest BCUT2D eigenvalue weighted by Crippen LogP contribution is 2.35. The molecule has 0 aromatic heterocycles. The molecule has 2 amide bonds. The highest BCUT2D eigenvalue weighted by atomic mass is 32.2. The van der Waals surface area contributed by atoms with Crippen molar-refractivity contribution < 1.29 is 28.6 Å². The number of imide groups is 1. The summed E-state index contributed by atoms with van der Waals surface area (Å²) >= 11 is 0.796. The van der Waals surface area contributed by atoms with Gasteiger partial charge in [-0.25, -0.2) is 0 Å². The van der Waals surface area contributed by atoms with Crippen molar-refractivity contribution in [2.75, 3.05) is 51.5 Å². The van der Waals surface area contributed by atoms with Crippen LogP contribution in [0.4, 0.5) is 10.5 Å². The average Bonchev–Trinajstić information content (AvgIpc) is 2.96. The molecule has 0 bridgehead atoms. The Hall–Kier alpha value is -2.52. The van der Waals surface area contributed by atoms with Crippen LogP contribution in [-0.2, 0) is 19.1 Å². The Kier molecular flexibility index (Phi) is 6.58. The van der Waals surface area contributed by atoms with Crippen molar-refractivity contribution in [2.24, 2.45) is 0 Å². The SMILES string of the molecule is CCOC(=O)CN1C(=O)S/C(=C/c2ccc(N3CCOCC3)cc2OC)C1=O. The van der Waals surface area contributed by atoms with Crippen LogP contribution in [-0.4, -0.2) is 68.6 Å².